The van der Waals surface area contributed by atoms with Crippen LogP contribution in [-0.4, -0.2) is 21.2 Å². The number of thiophene rings is 1. The minimum Gasteiger partial charge on any atom is -0.452 e. The van der Waals surface area contributed by atoms with Gasteiger partial charge < -0.3 is 9.15 Å². The topological polar surface area (TPSA) is 78.1 Å². The maximum absolute atomic E-state index is 12.5. The van der Waals surface area contributed by atoms with Gasteiger partial charge in [0.15, 0.2) is 6.61 Å². The molecule has 6 nitrogen and oxygen atoms in total. The summed E-state index contributed by atoms with van der Waals surface area (Å²) in [5.41, 5.74) is 1.98. The van der Waals surface area contributed by atoms with Crippen LogP contribution in [0.15, 0.2) is 52.3 Å². The summed E-state index contributed by atoms with van der Waals surface area (Å²) in [5, 5.41) is 10.6. The first-order chi connectivity index (χ1) is 12.2. The second kappa shape index (κ2) is 6.45. The average molecular weight is 351 g/mol. The van der Waals surface area contributed by atoms with E-state index >= 15 is 0 Å². The minimum absolute atomic E-state index is 0.0765. The molecule has 3 heterocycles. The first-order valence-corrected chi connectivity index (χ1v) is 8.48. The highest BCUT2D eigenvalue weighted by Gasteiger charge is 2.16. The van der Waals surface area contributed by atoms with Crippen LogP contribution < -0.4 is 0 Å². The summed E-state index contributed by atoms with van der Waals surface area (Å²) in [6.07, 6.45) is 0. The monoisotopic (exact) mass is 351 g/mol. The molecule has 0 aliphatic rings. The van der Waals surface area contributed by atoms with Gasteiger partial charge in [-0.25, -0.2) is 4.79 Å². The molecule has 0 amide bonds. The molecule has 0 unspecified atom stereocenters. The number of rotatable bonds is 4. The maximum Gasteiger partial charge on any atom is 0.339 e. The van der Waals surface area contributed by atoms with Crippen molar-refractivity contribution >= 4 is 28.2 Å². The average Bonchev–Trinajstić information content (AvgIpc) is 3.30. The van der Waals surface area contributed by atoms with Crippen LogP contribution in [0.1, 0.15) is 21.9 Å². The standard InChI is InChI=1S/C18H13N3O3S/c1-11-9-13(12-5-2-3-6-14(12)19-11)18(22)23-10-16-20-21-17(24-16)15-7-4-8-25-15/h2-9H,10H2,1H3. The van der Waals surface area contributed by atoms with Crippen molar-refractivity contribution in [1.29, 1.82) is 0 Å². The second-order valence-corrected chi connectivity index (χ2v) is 6.33. The van der Waals surface area contributed by atoms with E-state index < -0.39 is 5.97 Å². The zero-order valence-electron chi connectivity index (χ0n) is 13.3. The van der Waals surface area contributed by atoms with E-state index in [1.165, 1.54) is 11.3 Å². The van der Waals surface area contributed by atoms with Crippen LogP contribution in [-0.2, 0) is 11.3 Å². The van der Waals surface area contributed by atoms with E-state index in [0.29, 0.717) is 11.5 Å². The van der Waals surface area contributed by atoms with Gasteiger partial charge in [-0.3, -0.25) is 4.98 Å². The van der Waals surface area contributed by atoms with Gasteiger partial charge >= 0.3 is 5.97 Å². The van der Waals surface area contributed by atoms with E-state index in [9.17, 15) is 4.79 Å². The normalized spacial score (nSPS) is 10.9. The summed E-state index contributed by atoms with van der Waals surface area (Å²) in [6, 6.07) is 13.0. The summed E-state index contributed by atoms with van der Waals surface area (Å²) >= 11 is 1.50. The Labute approximate surface area is 147 Å². The zero-order valence-corrected chi connectivity index (χ0v) is 14.1. The Morgan fingerprint density at radius 3 is 2.92 bits per heavy atom. The molecule has 0 N–H and O–H groups in total. The Morgan fingerprint density at radius 2 is 2.08 bits per heavy atom. The first-order valence-electron chi connectivity index (χ1n) is 7.60. The molecule has 25 heavy (non-hydrogen) atoms. The lowest BCUT2D eigenvalue weighted by Crippen LogP contribution is -2.07. The summed E-state index contributed by atoms with van der Waals surface area (Å²) < 4.78 is 10.9. The highest BCUT2D eigenvalue weighted by Crippen LogP contribution is 2.23. The predicted octanol–water partition coefficient (Wildman–Crippen LogP) is 4.01. The number of carbonyl (C=O) groups is 1. The second-order valence-electron chi connectivity index (χ2n) is 5.38. The molecular weight excluding hydrogens is 338 g/mol. The Bertz CT molecular complexity index is 1040. The number of nitrogens with zero attached hydrogens (tertiary/aromatic N) is 3. The van der Waals surface area contributed by atoms with Crippen LogP contribution in [0.4, 0.5) is 0 Å². The van der Waals surface area contributed by atoms with Gasteiger partial charge in [0, 0.05) is 11.1 Å². The quantitative estimate of drug-likeness (QED) is 0.517. The van der Waals surface area contributed by atoms with Crippen molar-refractivity contribution in [3.63, 3.8) is 0 Å². The molecule has 0 atom stereocenters. The predicted molar refractivity (Wildman–Crippen MR) is 93.2 cm³/mol. The number of aryl methyl sites for hydroxylation is 1. The molecule has 1 aromatic carbocycles. The van der Waals surface area contributed by atoms with Crippen LogP contribution in [0.5, 0.6) is 0 Å². The maximum atomic E-state index is 12.5. The van der Waals surface area contributed by atoms with E-state index in [4.69, 9.17) is 9.15 Å². The third-order valence-electron chi connectivity index (χ3n) is 3.59. The summed E-state index contributed by atoms with van der Waals surface area (Å²) in [7, 11) is 0. The van der Waals surface area contributed by atoms with Crippen LogP contribution in [0.3, 0.4) is 0 Å². The molecule has 4 rings (SSSR count). The van der Waals surface area contributed by atoms with Gasteiger partial charge in [0.25, 0.3) is 11.8 Å². The minimum atomic E-state index is -0.447. The Kier molecular flexibility index (Phi) is 3.99. The molecule has 0 radical (unpaired) electrons. The zero-order chi connectivity index (χ0) is 17.2. The van der Waals surface area contributed by atoms with Gasteiger partial charge in [-0.15, -0.1) is 21.5 Å². The molecular formula is C18H13N3O3S. The van der Waals surface area contributed by atoms with Gasteiger partial charge in [-0.1, -0.05) is 24.3 Å². The number of esters is 1. The molecule has 7 heteroatoms. The number of benzene rings is 1. The number of hydrogen-bond acceptors (Lipinski definition) is 7. The highest BCUT2D eigenvalue weighted by molar-refractivity contribution is 7.13. The first kappa shape index (κ1) is 15.5. The van der Waals surface area contributed by atoms with E-state index in [1.54, 1.807) is 6.07 Å². The van der Waals surface area contributed by atoms with Crippen LogP contribution in [0, 0.1) is 6.92 Å². The number of hydrogen-bond donors (Lipinski definition) is 0. The fourth-order valence-corrected chi connectivity index (χ4v) is 3.14. The molecule has 0 spiro atoms. The molecule has 0 saturated carbocycles. The Morgan fingerprint density at radius 1 is 1.20 bits per heavy atom. The van der Waals surface area contributed by atoms with Gasteiger partial charge in [0.2, 0.25) is 0 Å². The van der Waals surface area contributed by atoms with Gasteiger partial charge in [-0.05, 0) is 30.5 Å². The van der Waals surface area contributed by atoms with Crippen molar-refractivity contribution < 1.29 is 13.9 Å². The van der Waals surface area contributed by atoms with E-state index in [2.05, 4.69) is 15.2 Å². The van der Waals surface area contributed by atoms with Crippen molar-refractivity contribution in [2.75, 3.05) is 0 Å². The lowest BCUT2D eigenvalue weighted by molar-refractivity contribution is 0.0441. The molecule has 0 aliphatic carbocycles. The van der Waals surface area contributed by atoms with Crippen LogP contribution >= 0.6 is 11.3 Å². The van der Waals surface area contributed by atoms with Crippen molar-refractivity contribution in [1.82, 2.24) is 15.2 Å². The lowest BCUT2D eigenvalue weighted by atomic mass is 10.1. The number of carbonyl (C=O) groups excluding carboxylic acids is 1. The summed E-state index contributed by atoms with van der Waals surface area (Å²) in [5.74, 6) is 0.232. The Hall–Kier alpha value is -3.06. The molecule has 0 saturated heterocycles. The van der Waals surface area contributed by atoms with Gasteiger partial charge in [0.1, 0.15) is 0 Å². The fourth-order valence-electron chi connectivity index (χ4n) is 2.49. The fraction of sp³-hybridized carbons (Fsp3) is 0.111. The van der Waals surface area contributed by atoms with Crippen LogP contribution in [0.2, 0.25) is 0 Å². The largest absolute Gasteiger partial charge is 0.452 e. The number of ether oxygens (including phenoxy) is 1. The highest BCUT2D eigenvalue weighted by atomic mass is 32.1. The SMILES string of the molecule is Cc1cc(C(=O)OCc2nnc(-c3cccs3)o2)c2ccccc2n1. The number of fused-ring (bicyclic) bond motifs is 1. The van der Waals surface area contributed by atoms with Crippen molar-refractivity contribution in [3.05, 3.63) is 65.0 Å². The summed E-state index contributed by atoms with van der Waals surface area (Å²) in [6.45, 7) is 1.77. The lowest BCUT2D eigenvalue weighted by Gasteiger charge is -2.07. The van der Waals surface area contributed by atoms with Gasteiger partial charge in [0.05, 0.1) is 16.0 Å². The summed E-state index contributed by atoms with van der Waals surface area (Å²) in [4.78, 5) is 17.8. The smallest absolute Gasteiger partial charge is 0.339 e. The van der Waals surface area contributed by atoms with Crippen molar-refractivity contribution in [2.45, 2.75) is 13.5 Å². The molecule has 4 aromatic rings. The van der Waals surface area contributed by atoms with E-state index in [1.807, 2.05) is 48.7 Å². The van der Waals surface area contributed by atoms with Crippen LogP contribution in [0.25, 0.3) is 21.7 Å². The Balaban J connectivity index is 1.53. The van der Waals surface area contributed by atoms with Gasteiger partial charge in [-0.2, -0.15) is 0 Å². The third kappa shape index (κ3) is 3.14. The number of pyridine rings is 1. The van der Waals surface area contributed by atoms with Crippen molar-refractivity contribution in [2.24, 2.45) is 0 Å². The molecule has 0 bridgehead atoms. The number of para-hydroxylation sites is 1. The van der Waals surface area contributed by atoms with E-state index in [-0.39, 0.29) is 12.5 Å². The number of aromatic nitrogens is 3. The molecule has 124 valence electrons. The van der Waals surface area contributed by atoms with E-state index in [0.717, 1.165) is 21.5 Å². The third-order valence-corrected chi connectivity index (χ3v) is 4.45. The molecule has 0 fully saturated rings. The molecule has 0 aliphatic heterocycles. The molecule has 3 aromatic heterocycles. The van der Waals surface area contributed by atoms with Crippen molar-refractivity contribution in [3.8, 4) is 10.8 Å².